The number of alkyl carbamates (subject to hydrolysis) is 1. The Balaban J connectivity index is 1.15. The second kappa shape index (κ2) is 5.23. The SMILES string of the molecule is O=C1N[C@]2(CO1)C[C@H](C(=O)N1CC3(CCC(c4ccccc4)C3)C1)C2. The van der Waals surface area contributed by atoms with Crippen molar-refractivity contribution in [3.05, 3.63) is 35.9 Å². The molecule has 2 amide bonds. The van der Waals surface area contributed by atoms with Crippen LogP contribution in [0.2, 0.25) is 0 Å². The van der Waals surface area contributed by atoms with Crippen LogP contribution in [-0.4, -0.2) is 42.1 Å². The quantitative estimate of drug-likeness (QED) is 0.900. The van der Waals surface area contributed by atoms with Crippen LogP contribution in [0.25, 0.3) is 0 Å². The van der Waals surface area contributed by atoms with Crippen molar-refractivity contribution in [1.29, 1.82) is 0 Å². The van der Waals surface area contributed by atoms with E-state index in [0.717, 1.165) is 25.9 Å². The highest BCUT2D eigenvalue weighted by Crippen LogP contribution is 2.53. The second-order valence-corrected chi connectivity index (χ2v) is 8.63. The molecule has 1 aromatic carbocycles. The van der Waals surface area contributed by atoms with Crippen LogP contribution >= 0.6 is 0 Å². The standard InChI is InChI=1S/C20H24N2O3/c23-17(16-9-20(10-16)13-25-18(24)21-20)22-11-19(12-22)7-6-15(8-19)14-4-2-1-3-5-14/h1-5,15-16H,6-13H2,(H,21,24)/t15?,16-,20+. The fraction of sp³-hybridized carbons (Fsp3) is 0.600. The molecular weight excluding hydrogens is 316 g/mol. The molecule has 1 atom stereocenters. The predicted molar refractivity (Wildman–Crippen MR) is 92.0 cm³/mol. The number of carbonyl (C=O) groups is 2. The summed E-state index contributed by atoms with van der Waals surface area (Å²) in [5.74, 6) is 0.988. The molecule has 5 nitrogen and oxygen atoms in total. The summed E-state index contributed by atoms with van der Waals surface area (Å²) in [4.78, 5) is 26.0. The Hall–Kier alpha value is -2.04. The van der Waals surface area contributed by atoms with E-state index in [-0.39, 0.29) is 23.5 Å². The lowest BCUT2D eigenvalue weighted by molar-refractivity contribution is -0.153. The number of benzene rings is 1. The van der Waals surface area contributed by atoms with Gasteiger partial charge in [0.05, 0.1) is 5.54 Å². The molecule has 132 valence electrons. The van der Waals surface area contributed by atoms with E-state index in [0.29, 0.717) is 17.9 Å². The first-order chi connectivity index (χ1) is 12.1. The average molecular weight is 340 g/mol. The maximum Gasteiger partial charge on any atom is 0.407 e. The van der Waals surface area contributed by atoms with Gasteiger partial charge in [0, 0.05) is 24.4 Å². The minimum Gasteiger partial charge on any atom is -0.447 e. The van der Waals surface area contributed by atoms with Gasteiger partial charge in [-0.2, -0.15) is 0 Å². The first-order valence-electron chi connectivity index (χ1n) is 9.35. The van der Waals surface area contributed by atoms with Crippen LogP contribution in [0.5, 0.6) is 0 Å². The third-order valence-electron chi connectivity index (χ3n) is 6.81. The number of nitrogens with one attached hydrogen (secondary N) is 1. The van der Waals surface area contributed by atoms with Gasteiger partial charge in [-0.25, -0.2) is 4.79 Å². The molecule has 5 rings (SSSR count). The smallest absolute Gasteiger partial charge is 0.407 e. The molecule has 2 aliphatic heterocycles. The predicted octanol–water partition coefficient (Wildman–Crippen LogP) is 2.67. The highest BCUT2D eigenvalue weighted by molar-refractivity contribution is 5.82. The Morgan fingerprint density at radius 3 is 2.60 bits per heavy atom. The van der Waals surface area contributed by atoms with Gasteiger partial charge >= 0.3 is 6.09 Å². The topological polar surface area (TPSA) is 58.6 Å². The highest BCUT2D eigenvalue weighted by Gasteiger charge is 2.56. The van der Waals surface area contributed by atoms with Crippen LogP contribution in [0.4, 0.5) is 4.79 Å². The number of hydrogen-bond donors (Lipinski definition) is 1. The summed E-state index contributed by atoms with van der Waals surface area (Å²) < 4.78 is 4.99. The van der Waals surface area contributed by atoms with Gasteiger partial charge < -0.3 is 15.0 Å². The van der Waals surface area contributed by atoms with Crippen molar-refractivity contribution in [2.45, 2.75) is 43.6 Å². The normalized spacial score (nSPS) is 35.2. The summed E-state index contributed by atoms with van der Waals surface area (Å²) in [6.45, 7) is 2.25. The fourth-order valence-corrected chi connectivity index (χ4v) is 5.45. The average Bonchev–Trinajstić information content (AvgIpc) is 3.17. The summed E-state index contributed by atoms with van der Waals surface area (Å²) in [5.41, 5.74) is 1.54. The summed E-state index contributed by atoms with van der Waals surface area (Å²) in [5, 5.41) is 2.87. The van der Waals surface area contributed by atoms with Crippen LogP contribution in [0.3, 0.4) is 0 Å². The van der Waals surface area contributed by atoms with E-state index in [1.54, 1.807) is 0 Å². The van der Waals surface area contributed by atoms with Crippen molar-refractivity contribution in [3.63, 3.8) is 0 Å². The molecule has 2 saturated carbocycles. The number of carbonyl (C=O) groups excluding carboxylic acids is 2. The van der Waals surface area contributed by atoms with Crippen LogP contribution in [0.15, 0.2) is 30.3 Å². The van der Waals surface area contributed by atoms with Gasteiger partial charge in [-0.3, -0.25) is 4.79 Å². The van der Waals surface area contributed by atoms with Crippen molar-refractivity contribution < 1.29 is 14.3 Å². The molecule has 0 radical (unpaired) electrons. The van der Waals surface area contributed by atoms with Crippen LogP contribution in [0, 0.1) is 11.3 Å². The number of hydrogen-bond acceptors (Lipinski definition) is 3. The molecule has 1 unspecified atom stereocenters. The first kappa shape index (κ1) is 15.2. The minimum atomic E-state index is -0.341. The third kappa shape index (κ3) is 2.43. The maximum absolute atomic E-state index is 12.7. The molecule has 0 aromatic heterocycles. The van der Waals surface area contributed by atoms with E-state index in [2.05, 4.69) is 35.6 Å². The maximum atomic E-state index is 12.7. The zero-order valence-electron chi connectivity index (χ0n) is 14.4. The number of likely N-dealkylation sites (tertiary alicyclic amines) is 1. The van der Waals surface area contributed by atoms with E-state index in [1.165, 1.54) is 24.8 Å². The molecule has 4 aliphatic rings. The van der Waals surface area contributed by atoms with Gasteiger partial charge in [-0.05, 0) is 43.6 Å². The van der Waals surface area contributed by atoms with E-state index >= 15 is 0 Å². The largest absolute Gasteiger partial charge is 0.447 e. The molecule has 0 bridgehead atoms. The summed E-state index contributed by atoms with van der Waals surface area (Å²) in [7, 11) is 0. The number of rotatable bonds is 2. The number of cyclic esters (lactones) is 1. The molecular formula is C20H24N2O3. The van der Waals surface area contributed by atoms with Gasteiger partial charge in [-0.1, -0.05) is 30.3 Å². The molecule has 2 heterocycles. The zero-order valence-corrected chi connectivity index (χ0v) is 14.4. The molecule has 4 fully saturated rings. The molecule has 5 heteroatoms. The first-order valence-corrected chi connectivity index (χ1v) is 9.35. The summed E-state index contributed by atoms with van der Waals surface area (Å²) in [6, 6.07) is 10.8. The Morgan fingerprint density at radius 2 is 1.92 bits per heavy atom. The molecule has 25 heavy (non-hydrogen) atoms. The molecule has 1 aromatic rings. The van der Waals surface area contributed by atoms with Crippen LogP contribution in [-0.2, 0) is 9.53 Å². The van der Waals surface area contributed by atoms with Gasteiger partial charge in [0.25, 0.3) is 0 Å². The third-order valence-corrected chi connectivity index (χ3v) is 6.81. The number of nitrogens with zero attached hydrogens (tertiary/aromatic N) is 1. The molecule has 2 aliphatic carbocycles. The van der Waals surface area contributed by atoms with Gasteiger partial charge in [0.1, 0.15) is 6.61 Å². The summed E-state index contributed by atoms with van der Waals surface area (Å²) in [6.07, 6.45) is 4.80. The lowest BCUT2D eigenvalue weighted by atomic mass is 9.67. The Kier molecular flexibility index (Phi) is 3.19. The van der Waals surface area contributed by atoms with Crippen molar-refractivity contribution in [1.82, 2.24) is 10.2 Å². The van der Waals surface area contributed by atoms with E-state index < -0.39 is 0 Å². The van der Waals surface area contributed by atoms with Crippen molar-refractivity contribution in [3.8, 4) is 0 Å². The Morgan fingerprint density at radius 1 is 1.16 bits per heavy atom. The Bertz CT molecular complexity index is 705. The fourth-order valence-electron chi connectivity index (χ4n) is 5.45. The molecule has 2 spiro atoms. The van der Waals surface area contributed by atoms with E-state index in [4.69, 9.17) is 4.74 Å². The van der Waals surface area contributed by atoms with Crippen molar-refractivity contribution in [2.24, 2.45) is 11.3 Å². The molecule has 1 N–H and O–H groups in total. The number of amides is 2. The monoisotopic (exact) mass is 340 g/mol. The van der Waals surface area contributed by atoms with Gasteiger partial charge in [-0.15, -0.1) is 0 Å². The van der Waals surface area contributed by atoms with E-state index in [1.807, 2.05) is 4.90 Å². The minimum absolute atomic E-state index is 0.0608. The highest BCUT2D eigenvalue weighted by atomic mass is 16.6. The van der Waals surface area contributed by atoms with Crippen molar-refractivity contribution >= 4 is 12.0 Å². The number of ether oxygens (including phenoxy) is 1. The second-order valence-electron chi connectivity index (χ2n) is 8.63. The molecule has 2 saturated heterocycles. The van der Waals surface area contributed by atoms with Crippen molar-refractivity contribution in [2.75, 3.05) is 19.7 Å². The Labute approximate surface area is 147 Å². The van der Waals surface area contributed by atoms with E-state index in [9.17, 15) is 9.59 Å². The lowest BCUT2D eigenvalue weighted by Gasteiger charge is -2.52. The lowest BCUT2D eigenvalue weighted by Crippen LogP contribution is -2.63. The van der Waals surface area contributed by atoms with Gasteiger partial charge in [0.2, 0.25) is 5.91 Å². The van der Waals surface area contributed by atoms with Crippen LogP contribution in [0.1, 0.15) is 43.6 Å². The van der Waals surface area contributed by atoms with Crippen LogP contribution < -0.4 is 5.32 Å². The summed E-state index contributed by atoms with van der Waals surface area (Å²) >= 11 is 0. The zero-order chi connectivity index (χ0) is 17.1. The van der Waals surface area contributed by atoms with Gasteiger partial charge in [0.15, 0.2) is 0 Å².